The molecule has 4 rings (SSSR count). The summed E-state index contributed by atoms with van der Waals surface area (Å²) in [5.41, 5.74) is 2.61. The predicted octanol–water partition coefficient (Wildman–Crippen LogP) is 4.93. The van der Waals surface area contributed by atoms with E-state index in [1.165, 1.54) is 39.1 Å². The second kappa shape index (κ2) is 9.73. The largest absolute Gasteiger partial charge is 0.360 e. The van der Waals surface area contributed by atoms with Crippen molar-refractivity contribution in [1.82, 2.24) is 15.5 Å². The van der Waals surface area contributed by atoms with Gasteiger partial charge < -0.3 is 10.6 Å². The summed E-state index contributed by atoms with van der Waals surface area (Å²) in [7, 11) is 0. The van der Waals surface area contributed by atoms with Crippen molar-refractivity contribution in [3.05, 3.63) is 57.8 Å². The Bertz CT molecular complexity index is 941. The van der Waals surface area contributed by atoms with Gasteiger partial charge in [0.15, 0.2) is 4.34 Å². The minimum Gasteiger partial charge on any atom is -0.360 e. The molecule has 2 aromatic heterocycles. The smallest absolute Gasteiger partial charge is 0.233 e. The zero-order valence-electron chi connectivity index (χ0n) is 16.3. The Balaban J connectivity index is 1.27. The fourth-order valence-electron chi connectivity index (χ4n) is 3.47. The molecular weight excluding hydrogens is 420 g/mol. The first-order valence-electron chi connectivity index (χ1n) is 9.83. The Kier molecular flexibility index (Phi) is 6.84. The highest BCUT2D eigenvalue weighted by molar-refractivity contribution is 8.02. The van der Waals surface area contributed by atoms with Crippen molar-refractivity contribution in [2.45, 2.75) is 48.2 Å². The summed E-state index contributed by atoms with van der Waals surface area (Å²) in [6, 6.07) is 12.7. The van der Waals surface area contributed by atoms with E-state index in [9.17, 15) is 4.79 Å². The van der Waals surface area contributed by atoms with Gasteiger partial charge in [-0.1, -0.05) is 53.4 Å². The quantitative estimate of drug-likeness (QED) is 0.482. The summed E-state index contributed by atoms with van der Waals surface area (Å²) >= 11 is 4.74. The Morgan fingerprint density at radius 3 is 3.03 bits per heavy atom. The van der Waals surface area contributed by atoms with E-state index in [1.807, 2.05) is 6.92 Å². The van der Waals surface area contributed by atoms with Crippen LogP contribution in [0.2, 0.25) is 0 Å². The number of rotatable bonds is 8. The summed E-state index contributed by atoms with van der Waals surface area (Å²) in [6.45, 7) is 2.76. The number of thiophene rings is 1. The number of benzene rings is 1. The zero-order chi connectivity index (χ0) is 20.1. The third kappa shape index (κ3) is 5.38. The second-order valence-electron chi connectivity index (χ2n) is 7.04. The predicted molar refractivity (Wildman–Crippen MR) is 122 cm³/mol. The summed E-state index contributed by atoms with van der Waals surface area (Å²) in [6.07, 6.45) is 4.18. The van der Waals surface area contributed by atoms with Crippen molar-refractivity contribution in [2.24, 2.45) is 0 Å². The normalized spacial score (nSPS) is 16.8. The van der Waals surface area contributed by atoms with Crippen LogP contribution >= 0.6 is 34.4 Å². The maximum atomic E-state index is 12.7. The average Bonchev–Trinajstić information content (AvgIpc) is 3.40. The molecule has 0 fully saturated rings. The van der Waals surface area contributed by atoms with Crippen LogP contribution in [0.25, 0.3) is 0 Å². The molecule has 0 saturated heterocycles. The molecule has 0 saturated carbocycles. The number of hydrogen-bond acceptors (Lipinski definition) is 7. The molecule has 0 bridgehead atoms. The first-order chi connectivity index (χ1) is 14.2. The third-order valence-corrected chi connectivity index (χ3v) is 7.97. The van der Waals surface area contributed by atoms with Crippen molar-refractivity contribution >= 4 is 45.5 Å². The number of carbonyl (C=O) groups is 1. The first-order valence-corrected chi connectivity index (χ1v) is 12.4. The number of hydrogen-bond donors (Lipinski definition) is 2. The van der Waals surface area contributed by atoms with Gasteiger partial charge >= 0.3 is 0 Å². The summed E-state index contributed by atoms with van der Waals surface area (Å²) < 4.78 is 0.815. The Hall–Kier alpha value is -1.90. The van der Waals surface area contributed by atoms with Crippen LogP contribution in [-0.2, 0) is 17.6 Å². The van der Waals surface area contributed by atoms with Gasteiger partial charge in [0.25, 0.3) is 0 Å². The van der Waals surface area contributed by atoms with Crippen LogP contribution in [0.1, 0.15) is 41.8 Å². The van der Waals surface area contributed by atoms with Crippen molar-refractivity contribution in [3.63, 3.8) is 0 Å². The van der Waals surface area contributed by atoms with E-state index in [2.05, 4.69) is 62.6 Å². The molecule has 0 spiro atoms. The number of thioether (sulfide) groups is 1. The number of nitrogens with zero attached hydrogens (tertiary/aromatic N) is 2. The summed E-state index contributed by atoms with van der Waals surface area (Å²) in [5, 5.41) is 17.7. The molecule has 29 heavy (non-hydrogen) atoms. The van der Waals surface area contributed by atoms with Crippen LogP contribution < -0.4 is 10.6 Å². The molecule has 2 unspecified atom stereocenters. The van der Waals surface area contributed by atoms with Crippen LogP contribution in [0.5, 0.6) is 0 Å². The molecule has 1 aliphatic rings. The van der Waals surface area contributed by atoms with Gasteiger partial charge in [0.2, 0.25) is 11.0 Å². The fourth-order valence-corrected chi connectivity index (χ4v) is 6.11. The number of aromatic nitrogens is 2. The highest BCUT2D eigenvalue weighted by atomic mass is 32.2. The Morgan fingerprint density at radius 2 is 2.17 bits per heavy atom. The lowest BCUT2D eigenvalue weighted by atomic mass is 9.88. The van der Waals surface area contributed by atoms with Gasteiger partial charge in [0.05, 0.1) is 11.3 Å². The molecule has 2 atom stereocenters. The van der Waals surface area contributed by atoms with Crippen LogP contribution in [0.3, 0.4) is 0 Å². The monoisotopic (exact) mass is 444 g/mol. The molecule has 1 amide bonds. The molecule has 8 heteroatoms. The van der Waals surface area contributed by atoms with Crippen molar-refractivity contribution in [3.8, 4) is 0 Å². The molecule has 5 nitrogen and oxygen atoms in total. The lowest BCUT2D eigenvalue weighted by molar-refractivity contribution is -0.121. The second-order valence-corrected chi connectivity index (χ2v) is 10.6. The Morgan fingerprint density at radius 1 is 1.28 bits per heavy atom. The standard InChI is InChI=1S/C21H24N4OS3/c1-14(19(26)23-18-10-4-7-15-6-2-3-9-17(15)18)28-21-25-24-20(29-21)22-12-11-16-8-5-13-27-16/h2-3,5-6,8-9,13-14,18H,4,7,10-12H2,1H3,(H,22,24)(H,23,26). The lowest BCUT2D eigenvalue weighted by Crippen LogP contribution is -2.35. The number of fused-ring (bicyclic) bond motifs is 1. The molecule has 0 radical (unpaired) electrons. The van der Waals surface area contributed by atoms with E-state index < -0.39 is 0 Å². The summed E-state index contributed by atoms with van der Waals surface area (Å²) in [5.74, 6) is 0.0547. The molecule has 1 aromatic carbocycles. The number of amides is 1. The van der Waals surface area contributed by atoms with Crippen LogP contribution in [0, 0.1) is 0 Å². The topological polar surface area (TPSA) is 66.9 Å². The SMILES string of the molecule is CC(Sc1nnc(NCCc2cccs2)s1)C(=O)NC1CCCc2ccccc21. The number of aryl methyl sites for hydroxylation is 1. The highest BCUT2D eigenvalue weighted by Crippen LogP contribution is 2.32. The maximum Gasteiger partial charge on any atom is 0.233 e. The number of carbonyl (C=O) groups excluding carboxylic acids is 1. The molecule has 3 aromatic rings. The van der Waals surface area contributed by atoms with Gasteiger partial charge in [-0.2, -0.15) is 0 Å². The lowest BCUT2D eigenvalue weighted by Gasteiger charge is -2.27. The first kappa shape index (κ1) is 20.4. The zero-order valence-corrected chi connectivity index (χ0v) is 18.7. The average molecular weight is 445 g/mol. The van der Waals surface area contributed by atoms with E-state index in [4.69, 9.17) is 0 Å². The van der Waals surface area contributed by atoms with E-state index in [-0.39, 0.29) is 17.2 Å². The van der Waals surface area contributed by atoms with Crippen molar-refractivity contribution < 1.29 is 4.79 Å². The number of anilines is 1. The van der Waals surface area contributed by atoms with Crippen LogP contribution in [0.4, 0.5) is 5.13 Å². The maximum absolute atomic E-state index is 12.7. The van der Waals surface area contributed by atoms with Gasteiger partial charge in [0, 0.05) is 11.4 Å². The van der Waals surface area contributed by atoms with Crippen molar-refractivity contribution in [2.75, 3.05) is 11.9 Å². The van der Waals surface area contributed by atoms with Crippen LogP contribution in [0.15, 0.2) is 46.1 Å². The van der Waals surface area contributed by atoms with Gasteiger partial charge in [0.1, 0.15) is 0 Å². The van der Waals surface area contributed by atoms with Gasteiger partial charge in [-0.15, -0.1) is 21.5 Å². The fraction of sp³-hybridized carbons (Fsp3) is 0.381. The number of nitrogens with one attached hydrogen (secondary N) is 2. The van der Waals surface area contributed by atoms with E-state index in [0.717, 1.165) is 41.7 Å². The van der Waals surface area contributed by atoms with Gasteiger partial charge in [-0.3, -0.25) is 4.79 Å². The molecule has 0 aliphatic heterocycles. The van der Waals surface area contributed by atoms with Gasteiger partial charge in [-0.25, -0.2) is 0 Å². The van der Waals surface area contributed by atoms with E-state index in [0.29, 0.717) is 0 Å². The van der Waals surface area contributed by atoms with E-state index >= 15 is 0 Å². The molecular formula is C21H24N4OS3. The van der Waals surface area contributed by atoms with E-state index in [1.54, 1.807) is 11.3 Å². The Labute approximate surface area is 183 Å². The molecule has 2 heterocycles. The highest BCUT2D eigenvalue weighted by Gasteiger charge is 2.24. The summed E-state index contributed by atoms with van der Waals surface area (Å²) in [4.78, 5) is 14.1. The van der Waals surface area contributed by atoms with Crippen LogP contribution in [-0.4, -0.2) is 27.9 Å². The molecule has 2 N–H and O–H groups in total. The molecule has 1 aliphatic carbocycles. The third-order valence-electron chi connectivity index (χ3n) is 4.97. The minimum atomic E-state index is -0.212. The van der Waals surface area contributed by atoms with Crippen molar-refractivity contribution in [1.29, 1.82) is 0 Å². The van der Waals surface area contributed by atoms with Gasteiger partial charge in [-0.05, 0) is 55.2 Å². The minimum absolute atomic E-state index is 0.0547. The molecule has 152 valence electrons.